The molecule has 1 unspecified atom stereocenters. The summed E-state index contributed by atoms with van der Waals surface area (Å²) in [6.07, 6.45) is 8.56. The van der Waals surface area contributed by atoms with Crippen LogP contribution in [0, 0.1) is 18.3 Å². The first kappa shape index (κ1) is 49.2. The van der Waals surface area contributed by atoms with Gasteiger partial charge < -0.3 is 15.0 Å². The molecule has 1 aliphatic carbocycles. The van der Waals surface area contributed by atoms with Crippen molar-refractivity contribution in [1.82, 2.24) is 20.4 Å². The Bertz CT molecular complexity index is 1830. The van der Waals surface area contributed by atoms with Crippen molar-refractivity contribution in [2.45, 2.75) is 139 Å². The quantitative estimate of drug-likeness (QED) is 0.0495. The second-order valence-corrected chi connectivity index (χ2v) is 15.3. The number of benzene rings is 2. The number of aromatic nitrogens is 2. The van der Waals surface area contributed by atoms with Gasteiger partial charge in [-0.15, -0.1) is 0 Å². The summed E-state index contributed by atoms with van der Waals surface area (Å²) in [7, 11) is 3.22. The minimum Gasteiger partial charge on any atom is -0.375 e. The molecule has 2 aromatic heterocycles. The average molecular weight is 792 g/mol. The van der Waals surface area contributed by atoms with Crippen LogP contribution in [0.2, 0.25) is 0 Å². The molecular formula is C47H71F2N5O3. The van der Waals surface area contributed by atoms with Crippen molar-refractivity contribution in [1.29, 1.82) is 0 Å². The third-order valence-corrected chi connectivity index (χ3v) is 10.6. The Hall–Kier alpha value is -3.99. The number of aryl methyl sites for hydroxylation is 3. The predicted molar refractivity (Wildman–Crippen MR) is 233 cm³/mol. The van der Waals surface area contributed by atoms with Crippen molar-refractivity contribution in [3.8, 4) is 22.4 Å². The molecule has 4 N–H and O–H groups in total. The van der Waals surface area contributed by atoms with Crippen LogP contribution in [0.1, 0.15) is 141 Å². The lowest BCUT2D eigenvalue weighted by Crippen LogP contribution is -2.30. The number of carbonyl (C=O) groups excluding carboxylic acids is 2. The molecule has 0 saturated heterocycles. The summed E-state index contributed by atoms with van der Waals surface area (Å²) in [6.45, 7) is 20.3. The number of ether oxygens (including phenoxy) is 1. The smallest absolute Gasteiger partial charge is 0.263 e. The number of carbonyl (C=O) groups is 2. The second kappa shape index (κ2) is 24.7. The van der Waals surface area contributed by atoms with Crippen LogP contribution in [0.4, 0.5) is 8.78 Å². The molecule has 10 heteroatoms. The highest BCUT2D eigenvalue weighted by Gasteiger charge is 2.28. The van der Waals surface area contributed by atoms with E-state index in [0.29, 0.717) is 24.7 Å². The van der Waals surface area contributed by atoms with Crippen molar-refractivity contribution < 1.29 is 23.1 Å². The predicted octanol–water partition coefficient (Wildman–Crippen LogP) is 11.3. The highest BCUT2D eigenvalue weighted by Crippen LogP contribution is 2.43. The molecule has 2 heterocycles. The van der Waals surface area contributed by atoms with E-state index in [0.717, 1.165) is 114 Å². The fraction of sp³-hybridized carbons (Fsp3) is 0.553. The average Bonchev–Trinajstić information content (AvgIpc) is 4.04. The molecule has 0 aliphatic heterocycles. The zero-order chi connectivity index (χ0) is 42.7. The lowest BCUT2D eigenvalue weighted by Gasteiger charge is -2.24. The zero-order valence-electron chi connectivity index (χ0n) is 36.7. The molecule has 1 aliphatic rings. The number of nitrogens with zero attached hydrogens (tertiary/aromatic N) is 2. The van der Waals surface area contributed by atoms with Gasteiger partial charge in [-0.25, -0.2) is 14.2 Å². The summed E-state index contributed by atoms with van der Waals surface area (Å²) in [5.74, 6) is 0.833. The number of nitrogens with one attached hydrogen (secondary N) is 2. The Labute approximate surface area is 341 Å². The number of rotatable bonds is 19. The van der Waals surface area contributed by atoms with Gasteiger partial charge in [0.1, 0.15) is 5.78 Å². The van der Waals surface area contributed by atoms with Crippen LogP contribution in [0.3, 0.4) is 0 Å². The van der Waals surface area contributed by atoms with Crippen LogP contribution in [-0.4, -0.2) is 42.4 Å². The van der Waals surface area contributed by atoms with Crippen LogP contribution in [-0.2, 0) is 33.7 Å². The molecule has 2 aromatic carbocycles. The largest absolute Gasteiger partial charge is 0.375 e. The fourth-order valence-electron chi connectivity index (χ4n) is 6.88. The summed E-state index contributed by atoms with van der Waals surface area (Å²) >= 11 is 0. The van der Waals surface area contributed by atoms with Crippen LogP contribution in [0.25, 0.3) is 33.3 Å². The minimum atomic E-state index is -2.54. The van der Waals surface area contributed by atoms with Gasteiger partial charge in [-0.2, -0.15) is 0 Å². The van der Waals surface area contributed by atoms with Gasteiger partial charge in [0.15, 0.2) is 0 Å². The maximum absolute atomic E-state index is 14.2. The number of alkyl halides is 2. The van der Waals surface area contributed by atoms with Crippen LogP contribution < -0.4 is 16.6 Å². The number of Topliss-reactive ketones (excluding diaryl/α,β-unsaturated/α-hetero) is 1. The molecule has 1 atom stereocenters. The van der Waals surface area contributed by atoms with E-state index in [1.165, 1.54) is 12.6 Å². The fourth-order valence-corrected chi connectivity index (χ4v) is 6.88. The third kappa shape index (κ3) is 14.4. The number of hydrazine groups is 1. The number of ketones is 1. The van der Waals surface area contributed by atoms with Crippen molar-refractivity contribution in [3.63, 3.8) is 0 Å². The van der Waals surface area contributed by atoms with Crippen molar-refractivity contribution in [2.75, 3.05) is 20.7 Å². The van der Waals surface area contributed by atoms with E-state index >= 15 is 0 Å². The van der Waals surface area contributed by atoms with Crippen LogP contribution in [0.15, 0.2) is 48.7 Å². The van der Waals surface area contributed by atoms with Gasteiger partial charge in [0.25, 0.3) is 6.43 Å². The summed E-state index contributed by atoms with van der Waals surface area (Å²) < 4.78 is 36.5. The molecule has 316 valence electrons. The molecular weight excluding hydrogens is 721 g/mol. The van der Waals surface area contributed by atoms with E-state index in [4.69, 9.17) is 9.72 Å². The van der Waals surface area contributed by atoms with Gasteiger partial charge in [-0.1, -0.05) is 72.1 Å². The van der Waals surface area contributed by atoms with Crippen molar-refractivity contribution in [3.05, 3.63) is 76.6 Å². The third-order valence-electron chi connectivity index (χ3n) is 10.6. The summed E-state index contributed by atoms with van der Waals surface area (Å²) in [6, 6.07) is 14.1. The molecule has 0 radical (unpaired) electrons. The SMILES string of the molecule is CC.CC(=O)C1CC1.CCn1c(-c2cc(C)cnc2C(C)OC)c(CC(C)(C)CC)c2cc(-c3cc(CCCCCCNNC=O)cc(C(F)F)c3)ccc21.CN. The number of halogens is 2. The summed E-state index contributed by atoms with van der Waals surface area (Å²) in [5, 5.41) is 1.15. The lowest BCUT2D eigenvalue weighted by atomic mass is 9.81. The number of amides is 1. The topological polar surface area (TPSA) is 111 Å². The highest BCUT2D eigenvalue weighted by molar-refractivity contribution is 5.95. The Morgan fingerprint density at radius 3 is 2.28 bits per heavy atom. The Kier molecular flexibility index (Phi) is 21.3. The highest BCUT2D eigenvalue weighted by atomic mass is 19.3. The molecule has 1 fully saturated rings. The van der Waals surface area contributed by atoms with Crippen LogP contribution in [0.5, 0.6) is 0 Å². The van der Waals surface area contributed by atoms with E-state index in [-0.39, 0.29) is 17.1 Å². The number of methoxy groups -OCH3 is 1. The number of pyridine rings is 1. The van der Waals surface area contributed by atoms with Gasteiger partial charge in [0, 0.05) is 54.3 Å². The number of hydrogen-bond donors (Lipinski definition) is 3. The normalized spacial score (nSPS) is 12.8. The Balaban J connectivity index is 0.000000996. The molecule has 1 amide bonds. The number of fused-ring (bicyclic) bond motifs is 1. The standard InChI is InChI=1S/C39H52F2N4O2.C5H8O.C2H6.CH5N/c1-8-39(5,6)23-34-32-22-29(30-19-28(20-31(21-30)38(40)41)14-12-10-11-13-17-43-44-25-46)15-16-35(32)45(9-2)37(34)33-18-26(3)24-42-36(33)27(4)47-7;1-4(6)5-2-3-5;2*1-2/h15-16,18-22,24-25,27,38,43H,8-14,17,23H2,1-7H3,(H,44,46);5H,2-3H2,1H3;1-2H3;2H2,1H3. The number of hydrogen-bond acceptors (Lipinski definition) is 6. The lowest BCUT2D eigenvalue weighted by molar-refractivity contribution is -0.118. The molecule has 5 rings (SSSR count). The first-order valence-electron chi connectivity index (χ1n) is 20.9. The van der Waals surface area contributed by atoms with Crippen molar-refractivity contribution >= 4 is 23.1 Å². The van der Waals surface area contributed by atoms with E-state index in [1.807, 2.05) is 27.0 Å². The Morgan fingerprint density at radius 2 is 1.72 bits per heavy atom. The molecule has 4 aromatic rings. The summed E-state index contributed by atoms with van der Waals surface area (Å²) in [4.78, 5) is 25.4. The zero-order valence-corrected chi connectivity index (χ0v) is 36.7. The maximum atomic E-state index is 14.2. The molecule has 57 heavy (non-hydrogen) atoms. The monoisotopic (exact) mass is 792 g/mol. The van der Waals surface area contributed by atoms with E-state index in [1.54, 1.807) is 26.2 Å². The number of unbranched alkanes of at least 4 members (excludes halogenated alkanes) is 3. The maximum Gasteiger partial charge on any atom is 0.263 e. The molecule has 0 bridgehead atoms. The van der Waals surface area contributed by atoms with Gasteiger partial charge in [-0.3, -0.25) is 20.0 Å². The molecule has 0 spiro atoms. The first-order chi connectivity index (χ1) is 27.3. The van der Waals surface area contributed by atoms with Gasteiger partial charge in [-0.05, 0) is 131 Å². The Morgan fingerprint density at radius 1 is 1.04 bits per heavy atom. The van der Waals surface area contributed by atoms with E-state index < -0.39 is 6.43 Å². The molecule has 1 saturated carbocycles. The first-order valence-corrected chi connectivity index (χ1v) is 20.9. The second-order valence-electron chi connectivity index (χ2n) is 15.3. The van der Waals surface area contributed by atoms with E-state index in [9.17, 15) is 18.4 Å². The number of nitrogens with two attached hydrogens (primary N) is 1. The van der Waals surface area contributed by atoms with E-state index in [2.05, 4.69) is 86.1 Å². The van der Waals surface area contributed by atoms with Gasteiger partial charge in [0.05, 0.1) is 17.5 Å². The van der Waals surface area contributed by atoms with Gasteiger partial charge >= 0.3 is 0 Å². The van der Waals surface area contributed by atoms with Crippen molar-refractivity contribution in [2.24, 2.45) is 17.1 Å². The van der Waals surface area contributed by atoms with Crippen LogP contribution >= 0.6 is 0 Å². The van der Waals surface area contributed by atoms with Gasteiger partial charge in [0.2, 0.25) is 6.41 Å². The molecule has 8 nitrogen and oxygen atoms in total. The minimum absolute atomic E-state index is 0.0473. The summed E-state index contributed by atoms with van der Waals surface area (Å²) in [5.41, 5.74) is 19.2.